The first kappa shape index (κ1) is 15.7. The fraction of sp³-hybridized carbons (Fsp3) is 0.750. The molecule has 2 aliphatic heterocycles. The zero-order valence-corrected chi connectivity index (χ0v) is 14.8. The summed E-state index contributed by atoms with van der Waals surface area (Å²) in [5.41, 5.74) is 0.619. The molecule has 6 heteroatoms. The number of nitrogens with one attached hydrogen (secondary N) is 1. The molecule has 3 aliphatic rings. The molecule has 0 unspecified atom stereocenters. The Kier molecular flexibility index (Phi) is 3.33. The molecule has 0 atom stereocenters. The third kappa shape index (κ3) is 2.62. The van der Waals surface area contributed by atoms with Gasteiger partial charge < -0.3 is 5.32 Å². The highest BCUT2D eigenvalue weighted by atomic mass is 32.2. The van der Waals surface area contributed by atoms with E-state index in [1.807, 2.05) is 6.07 Å². The maximum atomic E-state index is 11.9. The van der Waals surface area contributed by atoms with E-state index in [9.17, 15) is 8.42 Å². The molecule has 0 aromatic carbocycles. The van der Waals surface area contributed by atoms with Crippen molar-refractivity contribution in [1.29, 1.82) is 0 Å². The molecule has 5 nitrogen and oxygen atoms in total. The summed E-state index contributed by atoms with van der Waals surface area (Å²) >= 11 is 0. The third-order valence-corrected chi connectivity index (χ3v) is 6.95. The molecule has 1 aliphatic carbocycles. The first-order valence-corrected chi connectivity index (χ1v) is 9.62. The lowest BCUT2D eigenvalue weighted by atomic mass is 9.78. The monoisotopic (exact) mass is 323 g/mol. The van der Waals surface area contributed by atoms with Crippen LogP contribution in [-0.4, -0.2) is 34.9 Å². The summed E-state index contributed by atoms with van der Waals surface area (Å²) in [5, 5.41) is 3.27. The van der Waals surface area contributed by atoms with Gasteiger partial charge in [-0.2, -0.15) is 0 Å². The molecule has 1 N–H and O–H groups in total. The molecule has 1 aromatic heterocycles. The Labute approximate surface area is 132 Å². The summed E-state index contributed by atoms with van der Waals surface area (Å²) in [4.78, 5) is 9.28. The van der Waals surface area contributed by atoms with Gasteiger partial charge in [0.2, 0.25) is 0 Å². The number of rotatable bonds is 3. The quantitative estimate of drug-likeness (QED) is 0.926. The number of hydrogen-bond acceptors (Lipinski definition) is 5. The van der Waals surface area contributed by atoms with Crippen molar-refractivity contribution in [2.75, 3.05) is 11.1 Å². The van der Waals surface area contributed by atoms with Crippen molar-refractivity contribution < 1.29 is 8.42 Å². The maximum absolute atomic E-state index is 11.9. The zero-order chi connectivity index (χ0) is 16.3. The van der Waals surface area contributed by atoms with Crippen LogP contribution in [0.5, 0.6) is 0 Å². The minimum Gasteiger partial charge on any atom is -0.363 e. The Balaban J connectivity index is 1.93. The van der Waals surface area contributed by atoms with Gasteiger partial charge in [-0.3, -0.25) is 0 Å². The smallest absolute Gasteiger partial charge is 0.155 e. The molecule has 122 valence electrons. The largest absolute Gasteiger partial charge is 0.363 e. The molecule has 3 fully saturated rings. The molecule has 0 amide bonds. The molecule has 1 saturated carbocycles. The number of fused-ring (bicyclic) bond motifs is 1. The van der Waals surface area contributed by atoms with Gasteiger partial charge in [0.15, 0.2) is 9.84 Å². The number of anilines is 1. The SMILES string of the molecule is CC(C)c1nc(NC23CC(C2)S(=O)(=O)C3)cc(C(C)(C)C)n1. The van der Waals surface area contributed by atoms with E-state index in [1.54, 1.807) is 0 Å². The molecule has 1 aromatic rings. The topological polar surface area (TPSA) is 72.0 Å². The first-order chi connectivity index (χ1) is 10.0. The second kappa shape index (κ2) is 4.66. The highest BCUT2D eigenvalue weighted by Crippen LogP contribution is 2.48. The number of sulfone groups is 1. The van der Waals surface area contributed by atoms with Gasteiger partial charge in [0.25, 0.3) is 0 Å². The predicted molar refractivity (Wildman–Crippen MR) is 88.0 cm³/mol. The third-order valence-electron chi connectivity index (χ3n) is 4.64. The lowest BCUT2D eigenvalue weighted by Crippen LogP contribution is -2.47. The fourth-order valence-corrected chi connectivity index (χ4v) is 5.73. The van der Waals surface area contributed by atoms with Crippen molar-refractivity contribution in [3.05, 3.63) is 17.6 Å². The molecule has 3 heterocycles. The summed E-state index contributed by atoms with van der Waals surface area (Å²) in [6.45, 7) is 10.5. The summed E-state index contributed by atoms with van der Waals surface area (Å²) in [5.74, 6) is 2.04. The molecular weight excluding hydrogens is 298 g/mol. The Bertz CT molecular complexity index is 699. The van der Waals surface area contributed by atoms with E-state index < -0.39 is 9.84 Å². The number of hydrogen-bond donors (Lipinski definition) is 1. The van der Waals surface area contributed by atoms with Crippen LogP contribution in [0, 0.1) is 0 Å². The Morgan fingerprint density at radius 2 is 1.91 bits per heavy atom. The number of aromatic nitrogens is 2. The van der Waals surface area contributed by atoms with Crippen molar-refractivity contribution >= 4 is 15.7 Å². The summed E-state index contributed by atoms with van der Waals surface area (Å²) < 4.78 is 23.9. The van der Waals surface area contributed by atoms with Gasteiger partial charge in [-0.05, 0) is 12.8 Å². The Hall–Kier alpha value is -1.17. The molecule has 0 radical (unpaired) electrons. The lowest BCUT2D eigenvalue weighted by molar-refractivity contribution is 0.350. The lowest BCUT2D eigenvalue weighted by Gasteiger charge is -2.37. The van der Waals surface area contributed by atoms with Crippen LogP contribution < -0.4 is 5.32 Å². The van der Waals surface area contributed by atoms with Gasteiger partial charge in [0.1, 0.15) is 11.6 Å². The summed E-state index contributed by atoms with van der Waals surface area (Å²) in [6.07, 6.45) is 1.42. The average Bonchev–Trinajstić information content (AvgIpc) is 2.72. The van der Waals surface area contributed by atoms with Gasteiger partial charge in [-0.15, -0.1) is 0 Å². The minimum atomic E-state index is -2.90. The summed E-state index contributed by atoms with van der Waals surface area (Å²) in [7, 11) is -2.90. The molecular formula is C16H25N3O2S. The standard InChI is InChI=1S/C16H25N3O2S/c1-10(2)14-17-12(15(3,4)5)6-13(18-14)19-16-7-11(8-16)22(20,21)9-16/h6,10-11H,7-9H2,1-5H3,(H,17,18,19). The second-order valence-corrected chi connectivity index (χ2v) is 10.4. The molecule has 0 spiro atoms. The van der Waals surface area contributed by atoms with Crippen LogP contribution in [0.2, 0.25) is 0 Å². The van der Waals surface area contributed by atoms with Crippen LogP contribution in [0.4, 0.5) is 5.82 Å². The van der Waals surface area contributed by atoms with Crippen LogP contribution in [0.25, 0.3) is 0 Å². The van der Waals surface area contributed by atoms with E-state index in [0.717, 1.165) is 17.3 Å². The van der Waals surface area contributed by atoms with Gasteiger partial charge in [-0.25, -0.2) is 18.4 Å². The second-order valence-electron chi connectivity index (χ2n) is 8.14. The Morgan fingerprint density at radius 3 is 2.36 bits per heavy atom. The van der Waals surface area contributed by atoms with Crippen LogP contribution in [0.15, 0.2) is 6.07 Å². The average molecular weight is 323 g/mol. The van der Waals surface area contributed by atoms with Gasteiger partial charge in [-0.1, -0.05) is 34.6 Å². The first-order valence-electron chi connectivity index (χ1n) is 7.90. The predicted octanol–water partition coefficient (Wildman–Crippen LogP) is 2.64. The molecule has 4 rings (SSSR count). The van der Waals surface area contributed by atoms with Crippen LogP contribution >= 0.6 is 0 Å². The fourth-order valence-electron chi connectivity index (χ4n) is 3.27. The number of nitrogens with zero attached hydrogens (tertiary/aromatic N) is 2. The molecule has 2 saturated heterocycles. The van der Waals surface area contributed by atoms with E-state index >= 15 is 0 Å². The van der Waals surface area contributed by atoms with E-state index in [4.69, 9.17) is 0 Å². The van der Waals surface area contributed by atoms with E-state index in [2.05, 4.69) is 49.9 Å². The van der Waals surface area contributed by atoms with Crippen molar-refractivity contribution in [2.24, 2.45) is 0 Å². The van der Waals surface area contributed by atoms with E-state index in [0.29, 0.717) is 12.8 Å². The van der Waals surface area contributed by atoms with Crippen LogP contribution in [0.3, 0.4) is 0 Å². The van der Waals surface area contributed by atoms with E-state index in [-0.39, 0.29) is 27.9 Å². The normalized spacial score (nSPS) is 29.5. The van der Waals surface area contributed by atoms with E-state index in [1.165, 1.54) is 0 Å². The Morgan fingerprint density at radius 1 is 1.27 bits per heavy atom. The molecule has 2 bridgehead atoms. The summed E-state index contributed by atoms with van der Waals surface area (Å²) in [6, 6.07) is 1.97. The van der Waals surface area contributed by atoms with Crippen LogP contribution in [-0.2, 0) is 15.3 Å². The van der Waals surface area contributed by atoms with Crippen molar-refractivity contribution in [2.45, 2.75) is 69.6 Å². The van der Waals surface area contributed by atoms with Gasteiger partial charge in [0, 0.05) is 17.4 Å². The van der Waals surface area contributed by atoms with Gasteiger partial charge >= 0.3 is 0 Å². The van der Waals surface area contributed by atoms with Gasteiger partial charge in [0.05, 0.1) is 22.2 Å². The molecule has 22 heavy (non-hydrogen) atoms. The highest BCUT2D eigenvalue weighted by molar-refractivity contribution is 7.92. The van der Waals surface area contributed by atoms with Crippen LogP contribution in [0.1, 0.15) is 64.9 Å². The minimum absolute atomic E-state index is 0.0649. The highest BCUT2D eigenvalue weighted by Gasteiger charge is 2.60. The maximum Gasteiger partial charge on any atom is 0.155 e. The van der Waals surface area contributed by atoms with Crippen molar-refractivity contribution in [1.82, 2.24) is 9.97 Å². The van der Waals surface area contributed by atoms with Crippen molar-refractivity contribution in [3.63, 3.8) is 0 Å². The van der Waals surface area contributed by atoms with Crippen molar-refractivity contribution in [3.8, 4) is 0 Å². The zero-order valence-electron chi connectivity index (χ0n) is 14.0.